The van der Waals surface area contributed by atoms with Gasteiger partial charge in [-0.1, -0.05) is 13.8 Å². The highest BCUT2D eigenvalue weighted by atomic mass is 16.5. The van der Waals surface area contributed by atoms with Gasteiger partial charge in [0.05, 0.1) is 25.4 Å². The summed E-state index contributed by atoms with van der Waals surface area (Å²) < 4.78 is 11.1. The van der Waals surface area contributed by atoms with Crippen LogP contribution in [0.2, 0.25) is 0 Å². The fraction of sp³-hybridized carbons (Fsp3) is 1.00. The predicted molar refractivity (Wildman–Crippen MR) is 56.0 cm³/mol. The van der Waals surface area contributed by atoms with E-state index in [1.165, 1.54) is 0 Å². The molecule has 13 heavy (non-hydrogen) atoms. The minimum atomic E-state index is 0.120. The lowest BCUT2D eigenvalue weighted by molar-refractivity contribution is -0.0395. The summed E-state index contributed by atoms with van der Waals surface area (Å²) in [6.07, 6.45) is 0.608. The molecule has 0 aromatic heterocycles. The lowest BCUT2D eigenvalue weighted by Gasteiger charge is -2.26. The Kier molecular flexibility index (Phi) is 5.57. The van der Waals surface area contributed by atoms with E-state index in [1.807, 2.05) is 0 Å². The molecule has 0 aromatic carbocycles. The molecule has 2 heteroatoms. The van der Waals surface area contributed by atoms with Crippen molar-refractivity contribution in [3.05, 3.63) is 0 Å². The molecule has 2 nitrogen and oxygen atoms in total. The molecule has 0 N–H and O–H groups in total. The molecule has 0 amide bonds. The van der Waals surface area contributed by atoms with E-state index in [2.05, 4.69) is 41.5 Å². The van der Waals surface area contributed by atoms with Gasteiger partial charge in [0.25, 0.3) is 0 Å². The molecule has 0 saturated carbocycles. The summed E-state index contributed by atoms with van der Waals surface area (Å²) in [4.78, 5) is 0. The fourth-order valence-electron chi connectivity index (χ4n) is 0.826. The fourth-order valence-corrected chi connectivity index (χ4v) is 0.826. The maximum absolute atomic E-state index is 5.56. The molecular formula is C11H24O2. The molecule has 0 aliphatic rings. The van der Waals surface area contributed by atoms with Gasteiger partial charge >= 0.3 is 0 Å². The van der Waals surface area contributed by atoms with Crippen molar-refractivity contribution in [2.75, 3.05) is 13.2 Å². The van der Waals surface area contributed by atoms with E-state index in [0.717, 1.165) is 13.2 Å². The van der Waals surface area contributed by atoms with Gasteiger partial charge in [-0.15, -0.1) is 0 Å². The van der Waals surface area contributed by atoms with Gasteiger partial charge in [0, 0.05) is 5.41 Å². The smallest absolute Gasteiger partial charge is 0.0542 e. The Hall–Kier alpha value is -0.0800. The van der Waals surface area contributed by atoms with Gasteiger partial charge in [0.2, 0.25) is 0 Å². The number of ether oxygens (including phenoxy) is 2. The summed E-state index contributed by atoms with van der Waals surface area (Å²) >= 11 is 0. The zero-order chi connectivity index (χ0) is 10.5. The average Bonchev–Trinajstić information content (AvgIpc) is 1.98. The van der Waals surface area contributed by atoms with Crippen LogP contribution in [0.1, 0.15) is 41.5 Å². The van der Waals surface area contributed by atoms with Gasteiger partial charge < -0.3 is 9.47 Å². The van der Waals surface area contributed by atoms with Gasteiger partial charge in [0.15, 0.2) is 0 Å². The van der Waals surface area contributed by atoms with Crippen molar-refractivity contribution < 1.29 is 9.47 Å². The summed E-state index contributed by atoms with van der Waals surface area (Å²) in [7, 11) is 0. The van der Waals surface area contributed by atoms with Crippen LogP contribution >= 0.6 is 0 Å². The van der Waals surface area contributed by atoms with E-state index in [-0.39, 0.29) is 5.41 Å². The zero-order valence-corrected chi connectivity index (χ0v) is 9.89. The second kappa shape index (κ2) is 5.61. The van der Waals surface area contributed by atoms with Crippen LogP contribution in [0.25, 0.3) is 0 Å². The SMILES string of the molecule is CC(C)OCC(C)(C)COC(C)C. The molecular weight excluding hydrogens is 164 g/mol. The first-order chi connectivity index (χ1) is 5.83. The topological polar surface area (TPSA) is 18.5 Å². The van der Waals surface area contributed by atoms with Gasteiger partial charge in [-0.3, -0.25) is 0 Å². The highest BCUT2D eigenvalue weighted by Crippen LogP contribution is 2.17. The standard InChI is InChI=1S/C11H24O2/c1-9(2)12-7-11(5,6)8-13-10(3)4/h9-10H,7-8H2,1-6H3. The molecule has 0 bridgehead atoms. The lowest BCUT2D eigenvalue weighted by atomic mass is 9.96. The first-order valence-corrected chi connectivity index (χ1v) is 5.07. The molecule has 0 rings (SSSR count). The second-order valence-electron chi connectivity index (χ2n) is 4.88. The van der Waals surface area contributed by atoms with E-state index < -0.39 is 0 Å². The summed E-state index contributed by atoms with van der Waals surface area (Å²) in [5.74, 6) is 0. The van der Waals surface area contributed by atoms with E-state index >= 15 is 0 Å². The average molecular weight is 188 g/mol. The van der Waals surface area contributed by atoms with Crippen molar-refractivity contribution in [3.8, 4) is 0 Å². The molecule has 0 unspecified atom stereocenters. The minimum absolute atomic E-state index is 0.120. The third kappa shape index (κ3) is 8.26. The quantitative estimate of drug-likeness (QED) is 0.638. The number of hydrogen-bond donors (Lipinski definition) is 0. The first kappa shape index (κ1) is 12.9. The van der Waals surface area contributed by atoms with Crippen LogP contribution in [0.4, 0.5) is 0 Å². The Bertz CT molecular complexity index is 114. The van der Waals surface area contributed by atoms with Crippen molar-refractivity contribution in [1.82, 2.24) is 0 Å². The van der Waals surface area contributed by atoms with Crippen LogP contribution < -0.4 is 0 Å². The monoisotopic (exact) mass is 188 g/mol. The highest BCUT2D eigenvalue weighted by molar-refractivity contribution is 4.67. The third-order valence-corrected chi connectivity index (χ3v) is 1.61. The summed E-state index contributed by atoms with van der Waals surface area (Å²) in [5.41, 5.74) is 0.120. The van der Waals surface area contributed by atoms with Crippen LogP contribution in [0.3, 0.4) is 0 Å². The third-order valence-electron chi connectivity index (χ3n) is 1.61. The highest BCUT2D eigenvalue weighted by Gasteiger charge is 2.19. The van der Waals surface area contributed by atoms with E-state index in [9.17, 15) is 0 Å². The molecule has 0 aromatic rings. The Balaban J connectivity index is 3.66. The van der Waals surface area contributed by atoms with Crippen LogP contribution in [-0.2, 0) is 9.47 Å². The van der Waals surface area contributed by atoms with Crippen LogP contribution in [0.5, 0.6) is 0 Å². The number of rotatable bonds is 6. The van der Waals surface area contributed by atoms with Gasteiger partial charge in [-0.05, 0) is 27.7 Å². The maximum Gasteiger partial charge on any atom is 0.0542 e. The van der Waals surface area contributed by atoms with Crippen molar-refractivity contribution in [2.24, 2.45) is 5.41 Å². The number of hydrogen-bond acceptors (Lipinski definition) is 2. The molecule has 0 radical (unpaired) electrons. The predicted octanol–water partition coefficient (Wildman–Crippen LogP) is 2.86. The lowest BCUT2D eigenvalue weighted by Crippen LogP contribution is -2.28. The van der Waals surface area contributed by atoms with Gasteiger partial charge in [-0.2, -0.15) is 0 Å². The van der Waals surface area contributed by atoms with Crippen LogP contribution in [0, 0.1) is 5.41 Å². The molecule has 0 atom stereocenters. The van der Waals surface area contributed by atoms with Gasteiger partial charge in [-0.25, -0.2) is 0 Å². The maximum atomic E-state index is 5.56. The normalized spacial score (nSPS) is 12.9. The summed E-state index contributed by atoms with van der Waals surface area (Å²) in [6, 6.07) is 0. The largest absolute Gasteiger partial charge is 0.378 e. The molecule has 0 spiro atoms. The van der Waals surface area contributed by atoms with Crippen molar-refractivity contribution >= 4 is 0 Å². The second-order valence-corrected chi connectivity index (χ2v) is 4.88. The van der Waals surface area contributed by atoms with Crippen molar-refractivity contribution in [3.63, 3.8) is 0 Å². The van der Waals surface area contributed by atoms with Crippen molar-refractivity contribution in [2.45, 2.75) is 53.8 Å². The first-order valence-electron chi connectivity index (χ1n) is 5.07. The van der Waals surface area contributed by atoms with Gasteiger partial charge in [0.1, 0.15) is 0 Å². The molecule has 0 heterocycles. The van der Waals surface area contributed by atoms with E-state index in [1.54, 1.807) is 0 Å². The molecule has 0 aliphatic carbocycles. The van der Waals surface area contributed by atoms with Crippen LogP contribution in [0.15, 0.2) is 0 Å². The molecule has 0 aliphatic heterocycles. The Morgan fingerprint density at radius 1 is 0.846 bits per heavy atom. The van der Waals surface area contributed by atoms with E-state index in [0.29, 0.717) is 12.2 Å². The Morgan fingerprint density at radius 2 is 1.15 bits per heavy atom. The summed E-state index contributed by atoms with van der Waals surface area (Å²) in [6.45, 7) is 14.1. The Labute approximate surface area is 82.6 Å². The van der Waals surface area contributed by atoms with Crippen LogP contribution in [-0.4, -0.2) is 25.4 Å². The Morgan fingerprint density at radius 3 is 1.38 bits per heavy atom. The zero-order valence-electron chi connectivity index (χ0n) is 9.89. The molecule has 80 valence electrons. The summed E-state index contributed by atoms with van der Waals surface area (Å²) in [5, 5.41) is 0. The van der Waals surface area contributed by atoms with E-state index in [4.69, 9.17) is 9.47 Å². The molecule has 0 saturated heterocycles. The minimum Gasteiger partial charge on any atom is -0.378 e. The van der Waals surface area contributed by atoms with Crippen molar-refractivity contribution in [1.29, 1.82) is 0 Å². The molecule has 0 fully saturated rings.